The highest BCUT2D eigenvalue weighted by molar-refractivity contribution is 6.30. The highest BCUT2D eigenvalue weighted by Gasteiger charge is 2.38. The van der Waals surface area contributed by atoms with Gasteiger partial charge in [-0.15, -0.1) is 0 Å². The summed E-state index contributed by atoms with van der Waals surface area (Å²) in [6.45, 7) is 5.62. The molecule has 1 unspecified atom stereocenters. The summed E-state index contributed by atoms with van der Waals surface area (Å²) in [6, 6.07) is 7.78. The number of ether oxygens (including phenoxy) is 1. The number of methoxy groups -OCH3 is 1. The number of piperidine rings is 1. The molecule has 34 heavy (non-hydrogen) atoms. The second-order valence-corrected chi connectivity index (χ2v) is 9.61. The number of aliphatic imine (C=N–C) groups is 1. The van der Waals surface area contributed by atoms with Gasteiger partial charge in [0.25, 0.3) is 0 Å². The van der Waals surface area contributed by atoms with Crippen LogP contribution in [0.3, 0.4) is 0 Å². The zero-order chi connectivity index (χ0) is 24.1. The molecule has 3 aliphatic rings. The Morgan fingerprint density at radius 1 is 1.18 bits per heavy atom. The average Bonchev–Trinajstić information content (AvgIpc) is 3.21. The van der Waals surface area contributed by atoms with E-state index in [9.17, 15) is 4.79 Å². The second-order valence-electron chi connectivity index (χ2n) is 9.18. The van der Waals surface area contributed by atoms with E-state index < -0.39 is 5.97 Å². The molecule has 1 aromatic carbocycles. The van der Waals surface area contributed by atoms with Crippen LogP contribution in [0.25, 0.3) is 5.70 Å². The van der Waals surface area contributed by atoms with Crippen molar-refractivity contribution in [2.24, 2.45) is 10.9 Å². The van der Waals surface area contributed by atoms with Crippen LogP contribution in [0.2, 0.25) is 5.02 Å². The Balaban J connectivity index is 1.56. The van der Waals surface area contributed by atoms with E-state index in [0.29, 0.717) is 17.5 Å². The summed E-state index contributed by atoms with van der Waals surface area (Å²) in [7, 11) is 1.73. The van der Waals surface area contributed by atoms with Crippen LogP contribution in [0.5, 0.6) is 0 Å². The Morgan fingerprint density at radius 2 is 1.91 bits per heavy atom. The van der Waals surface area contributed by atoms with Crippen LogP contribution < -0.4 is 0 Å². The molecule has 8 heteroatoms. The Labute approximate surface area is 207 Å². The molecule has 1 N–H and O–H groups in total. The van der Waals surface area contributed by atoms with E-state index in [0.717, 1.165) is 56.1 Å². The molecule has 0 amide bonds. The van der Waals surface area contributed by atoms with Gasteiger partial charge in [0.05, 0.1) is 12.1 Å². The second kappa shape index (κ2) is 11.4. The number of allylic oxidation sites excluding steroid dienone is 1. The van der Waals surface area contributed by atoms with Crippen molar-refractivity contribution >= 4 is 29.2 Å². The minimum atomic E-state index is -0.729. The van der Waals surface area contributed by atoms with Crippen LogP contribution in [-0.4, -0.2) is 71.3 Å². The zero-order valence-electron chi connectivity index (χ0n) is 20.1. The number of halogens is 1. The van der Waals surface area contributed by atoms with E-state index in [1.807, 2.05) is 24.3 Å². The normalized spacial score (nSPS) is 21.3. The van der Waals surface area contributed by atoms with E-state index in [1.54, 1.807) is 7.11 Å². The first-order valence-electron chi connectivity index (χ1n) is 12.3. The van der Waals surface area contributed by atoms with Crippen molar-refractivity contribution in [1.82, 2.24) is 14.7 Å². The Kier molecular flexibility index (Phi) is 8.29. The van der Waals surface area contributed by atoms with E-state index in [2.05, 4.69) is 33.9 Å². The lowest BCUT2D eigenvalue weighted by atomic mass is 9.93. The van der Waals surface area contributed by atoms with Gasteiger partial charge in [0.1, 0.15) is 0 Å². The summed E-state index contributed by atoms with van der Waals surface area (Å²) in [4.78, 5) is 22.8. The van der Waals surface area contributed by atoms with Crippen molar-refractivity contribution in [3.63, 3.8) is 0 Å². The van der Waals surface area contributed by atoms with Crippen molar-refractivity contribution in [2.45, 2.75) is 51.7 Å². The molecule has 7 nitrogen and oxygen atoms in total. The van der Waals surface area contributed by atoms with Crippen molar-refractivity contribution in [3.8, 4) is 0 Å². The van der Waals surface area contributed by atoms with E-state index in [4.69, 9.17) is 26.4 Å². The molecule has 3 aliphatic heterocycles. The number of carbonyl (C=O) groups is 1. The number of hydrogen-bond acceptors (Lipinski definition) is 6. The third kappa shape index (κ3) is 5.65. The van der Waals surface area contributed by atoms with Gasteiger partial charge in [-0.05, 0) is 50.6 Å². The standard InChI is InChI=1S/C26H35ClN4O3/c1-3-4-5-13-30-23(20-10-14-29(15-11-20)16-12-25(32)33)18-31-24(34-2)17-22(28-26(30)31)19-6-8-21(27)9-7-19/h6-9,17-18,20,24H,3-5,10-16H2,1-2H3,(H,32,33). The lowest BCUT2D eigenvalue weighted by Gasteiger charge is -2.36. The molecule has 0 aromatic heterocycles. The number of aliphatic carboxylic acids is 1. The van der Waals surface area contributed by atoms with Gasteiger partial charge in [0.15, 0.2) is 6.23 Å². The first kappa shape index (κ1) is 24.8. The fraction of sp³-hybridized carbons (Fsp3) is 0.538. The number of fused-ring (bicyclic) bond motifs is 1. The van der Waals surface area contributed by atoms with E-state index in [1.165, 1.54) is 18.5 Å². The lowest BCUT2D eigenvalue weighted by Crippen LogP contribution is -2.44. The molecular formula is C26H35ClN4O3. The van der Waals surface area contributed by atoms with Gasteiger partial charge < -0.3 is 19.6 Å². The fourth-order valence-corrected chi connectivity index (χ4v) is 5.06. The number of likely N-dealkylation sites (tertiary alicyclic amines) is 1. The molecule has 184 valence electrons. The highest BCUT2D eigenvalue weighted by atomic mass is 35.5. The van der Waals surface area contributed by atoms with Crippen molar-refractivity contribution in [3.05, 3.63) is 52.8 Å². The summed E-state index contributed by atoms with van der Waals surface area (Å²) in [6.07, 6.45) is 9.76. The summed E-state index contributed by atoms with van der Waals surface area (Å²) in [5, 5.41) is 9.71. The number of nitrogens with zero attached hydrogens (tertiary/aromatic N) is 4. The smallest absolute Gasteiger partial charge is 0.304 e. The predicted octanol–water partition coefficient (Wildman–Crippen LogP) is 4.86. The molecule has 0 saturated carbocycles. The minimum absolute atomic E-state index is 0.204. The summed E-state index contributed by atoms with van der Waals surface area (Å²) in [5.74, 6) is 0.624. The molecule has 0 spiro atoms. The zero-order valence-corrected chi connectivity index (χ0v) is 20.9. The maximum Gasteiger partial charge on any atom is 0.304 e. The predicted molar refractivity (Wildman–Crippen MR) is 135 cm³/mol. The van der Waals surface area contributed by atoms with E-state index in [-0.39, 0.29) is 12.6 Å². The Bertz CT molecular complexity index is 951. The maximum atomic E-state index is 10.9. The van der Waals surface area contributed by atoms with Gasteiger partial charge in [-0.2, -0.15) is 0 Å². The van der Waals surface area contributed by atoms with Crippen LogP contribution >= 0.6 is 11.6 Å². The van der Waals surface area contributed by atoms with Crippen molar-refractivity contribution in [2.75, 3.05) is 33.3 Å². The van der Waals surface area contributed by atoms with Crippen LogP contribution in [0.15, 0.2) is 47.2 Å². The van der Waals surface area contributed by atoms with Crippen molar-refractivity contribution in [1.29, 1.82) is 0 Å². The quantitative estimate of drug-likeness (QED) is 0.476. The summed E-state index contributed by atoms with van der Waals surface area (Å²) < 4.78 is 5.87. The number of rotatable bonds is 10. The number of carboxylic acid groups (broad SMARTS) is 1. The first-order chi connectivity index (χ1) is 16.5. The average molecular weight is 487 g/mol. The molecular weight excluding hydrogens is 452 g/mol. The minimum Gasteiger partial charge on any atom is -0.481 e. The van der Waals surface area contributed by atoms with Gasteiger partial charge >= 0.3 is 5.97 Å². The summed E-state index contributed by atoms with van der Waals surface area (Å²) in [5.41, 5.74) is 3.22. The Hall–Kier alpha value is -2.35. The third-order valence-corrected chi connectivity index (χ3v) is 7.12. The fourth-order valence-electron chi connectivity index (χ4n) is 4.93. The van der Waals surface area contributed by atoms with Crippen LogP contribution in [0, 0.1) is 5.92 Å². The monoisotopic (exact) mass is 486 g/mol. The molecule has 1 atom stereocenters. The Morgan fingerprint density at radius 3 is 2.56 bits per heavy atom. The molecule has 1 saturated heterocycles. The highest BCUT2D eigenvalue weighted by Crippen LogP contribution is 2.37. The number of hydrogen-bond donors (Lipinski definition) is 1. The van der Waals surface area contributed by atoms with Gasteiger partial charge in [-0.25, -0.2) is 4.99 Å². The summed E-state index contributed by atoms with van der Waals surface area (Å²) >= 11 is 6.10. The van der Waals surface area contributed by atoms with Crippen LogP contribution in [0.1, 0.15) is 51.0 Å². The van der Waals surface area contributed by atoms with E-state index >= 15 is 0 Å². The molecule has 3 heterocycles. The molecule has 4 rings (SSSR count). The lowest BCUT2D eigenvalue weighted by molar-refractivity contribution is -0.137. The first-order valence-corrected chi connectivity index (χ1v) is 12.7. The van der Waals surface area contributed by atoms with Crippen molar-refractivity contribution < 1.29 is 14.6 Å². The van der Waals surface area contributed by atoms with Gasteiger partial charge in [0, 0.05) is 48.6 Å². The molecule has 1 fully saturated rings. The number of benzene rings is 1. The number of carboxylic acids is 1. The van der Waals surface area contributed by atoms with Gasteiger partial charge in [0.2, 0.25) is 5.96 Å². The topological polar surface area (TPSA) is 68.6 Å². The molecule has 0 radical (unpaired) electrons. The van der Waals surface area contributed by atoms with Gasteiger partial charge in [-0.3, -0.25) is 9.69 Å². The SMILES string of the molecule is CCCCCN1C(C2CCN(CCC(=O)O)CC2)=CN2C1=NC(c1ccc(Cl)cc1)=CC2OC. The number of guanidine groups is 1. The largest absolute Gasteiger partial charge is 0.481 e. The molecule has 1 aromatic rings. The maximum absolute atomic E-state index is 10.9. The van der Waals surface area contributed by atoms with Crippen LogP contribution in [0.4, 0.5) is 0 Å². The molecule has 0 aliphatic carbocycles. The molecule has 0 bridgehead atoms. The number of unbranched alkanes of at least 4 members (excludes halogenated alkanes) is 2. The van der Waals surface area contributed by atoms with Crippen LogP contribution in [-0.2, 0) is 9.53 Å². The third-order valence-electron chi connectivity index (χ3n) is 6.86. The van der Waals surface area contributed by atoms with Gasteiger partial charge in [-0.1, -0.05) is 43.5 Å².